The van der Waals surface area contributed by atoms with Crippen molar-refractivity contribution in [2.24, 2.45) is 7.05 Å². The molecule has 2 aromatic rings. The zero-order valence-electron chi connectivity index (χ0n) is 12.1. The Labute approximate surface area is 128 Å². The second kappa shape index (κ2) is 5.98. The number of nitrogens with zero attached hydrogens (tertiary/aromatic N) is 2. The summed E-state index contributed by atoms with van der Waals surface area (Å²) in [7, 11) is -2.11. The Balaban J connectivity index is 2.43. The lowest BCUT2D eigenvalue weighted by molar-refractivity contribution is 0.600. The molecule has 0 saturated carbocycles. The van der Waals surface area contributed by atoms with Gasteiger partial charge in [-0.2, -0.15) is 5.10 Å². The number of hydrogen-bond donors (Lipinski definition) is 2. The lowest BCUT2D eigenvalue weighted by Gasteiger charge is -2.11. The summed E-state index contributed by atoms with van der Waals surface area (Å²) in [6.45, 7) is 3.68. The van der Waals surface area contributed by atoms with E-state index in [-0.39, 0.29) is 10.7 Å². The van der Waals surface area contributed by atoms with Crippen LogP contribution >= 0.6 is 11.8 Å². The zero-order chi connectivity index (χ0) is 15.6. The van der Waals surface area contributed by atoms with Crippen LogP contribution in [0.4, 0.5) is 11.5 Å². The van der Waals surface area contributed by atoms with Crippen LogP contribution in [-0.4, -0.2) is 24.0 Å². The smallest absolute Gasteiger partial charge is 0.267 e. The minimum absolute atomic E-state index is 0.00289. The Hall–Kier alpha value is -1.67. The maximum absolute atomic E-state index is 12.6. The Kier molecular flexibility index (Phi) is 4.48. The van der Waals surface area contributed by atoms with Gasteiger partial charge in [0.15, 0.2) is 10.7 Å². The molecule has 8 heteroatoms. The molecular weight excluding hydrogens is 308 g/mol. The highest BCUT2D eigenvalue weighted by Crippen LogP contribution is 2.30. The van der Waals surface area contributed by atoms with Gasteiger partial charge in [-0.05, 0) is 24.8 Å². The predicted molar refractivity (Wildman–Crippen MR) is 86.0 cm³/mol. The molecule has 6 nitrogen and oxygen atoms in total. The molecule has 0 spiro atoms. The SMILES string of the molecule is CCSc1ccccc1NS(=O)(=O)c1c(N)nn(C)c1C. The van der Waals surface area contributed by atoms with Crippen LogP contribution in [0, 0.1) is 6.92 Å². The molecule has 3 N–H and O–H groups in total. The molecule has 0 atom stereocenters. The standard InChI is InChI=1S/C13H18N4O2S2/c1-4-20-11-8-6-5-7-10(11)16-21(18,19)12-9(2)17(3)15-13(12)14/h5-8,16H,4H2,1-3H3,(H2,14,15). The Morgan fingerprint density at radius 2 is 2.05 bits per heavy atom. The first-order chi connectivity index (χ1) is 9.86. The van der Waals surface area contributed by atoms with Crippen molar-refractivity contribution in [3.8, 4) is 0 Å². The average molecular weight is 326 g/mol. The van der Waals surface area contributed by atoms with Crippen molar-refractivity contribution in [3.05, 3.63) is 30.0 Å². The highest BCUT2D eigenvalue weighted by Gasteiger charge is 2.25. The van der Waals surface area contributed by atoms with Gasteiger partial charge >= 0.3 is 0 Å². The van der Waals surface area contributed by atoms with Gasteiger partial charge in [0.2, 0.25) is 0 Å². The quantitative estimate of drug-likeness (QED) is 0.822. The number of para-hydroxylation sites is 1. The monoisotopic (exact) mass is 326 g/mol. The molecule has 0 fully saturated rings. The van der Waals surface area contributed by atoms with E-state index in [0.29, 0.717) is 11.4 Å². The van der Waals surface area contributed by atoms with Gasteiger partial charge in [0.25, 0.3) is 10.0 Å². The van der Waals surface area contributed by atoms with Crippen molar-refractivity contribution in [2.75, 3.05) is 16.2 Å². The van der Waals surface area contributed by atoms with E-state index in [9.17, 15) is 8.42 Å². The number of nitrogens with two attached hydrogens (primary N) is 1. The number of rotatable bonds is 5. The number of aromatic nitrogens is 2. The van der Waals surface area contributed by atoms with Crippen LogP contribution in [0.15, 0.2) is 34.1 Å². The second-order valence-electron chi connectivity index (χ2n) is 4.46. The van der Waals surface area contributed by atoms with Crippen LogP contribution in [0.2, 0.25) is 0 Å². The first-order valence-electron chi connectivity index (χ1n) is 6.40. The van der Waals surface area contributed by atoms with Gasteiger partial charge in [0, 0.05) is 11.9 Å². The fourth-order valence-corrected chi connectivity index (χ4v) is 4.21. The molecule has 0 saturated heterocycles. The highest BCUT2D eigenvalue weighted by atomic mass is 32.2. The van der Waals surface area contributed by atoms with E-state index in [1.165, 1.54) is 4.68 Å². The third-order valence-electron chi connectivity index (χ3n) is 3.00. The number of benzene rings is 1. The molecule has 0 aliphatic rings. The number of sulfonamides is 1. The number of nitrogen functional groups attached to an aromatic ring is 1. The highest BCUT2D eigenvalue weighted by molar-refractivity contribution is 7.99. The molecule has 0 aliphatic heterocycles. The van der Waals surface area contributed by atoms with Crippen LogP contribution in [0.5, 0.6) is 0 Å². The molecule has 114 valence electrons. The van der Waals surface area contributed by atoms with Gasteiger partial charge in [-0.3, -0.25) is 9.40 Å². The third kappa shape index (κ3) is 3.16. The molecule has 0 amide bonds. The zero-order valence-corrected chi connectivity index (χ0v) is 13.8. The van der Waals surface area contributed by atoms with Gasteiger partial charge in [-0.1, -0.05) is 19.1 Å². The summed E-state index contributed by atoms with van der Waals surface area (Å²) in [6.07, 6.45) is 0. The van der Waals surface area contributed by atoms with E-state index >= 15 is 0 Å². The Bertz CT molecular complexity index is 754. The molecule has 1 aromatic carbocycles. The number of anilines is 2. The molecule has 1 heterocycles. The largest absolute Gasteiger partial charge is 0.381 e. The van der Waals surface area contributed by atoms with Crippen LogP contribution in [0.1, 0.15) is 12.6 Å². The maximum atomic E-state index is 12.6. The van der Waals surface area contributed by atoms with Crippen molar-refractivity contribution in [1.82, 2.24) is 9.78 Å². The summed E-state index contributed by atoms with van der Waals surface area (Å²) in [6, 6.07) is 7.28. The van der Waals surface area contributed by atoms with Crippen LogP contribution in [0.3, 0.4) is 0 Å². The van der Waals surface area contributed by atoms with Gasteiger partial charge in [0.1, 0.15) is 0 Å². The van der Waals surface area contributed by atoms with Crippen molar-refractivity contribution in [1.29, 1.82) is 0 Å². The molecular formula is C13H18N4O2S2. The number of nitrogens with one attached hydrogen (secondary N) is 1. The molecule has 0 bridgehead atoms. The van der Waals surface area contributed by atoms with Crippen LogP contribution in [0.25, 0.3) is 0 Å². The molecule has 0 unspecified atom stereocenters. The van der Waals surface area contributed by atoms with Crippen molar-refractivity contribution >= 4 is 33.3 Å². The fraction of sp³-hybridized carbons (Fsp3) is 0.308. The first-order valence-corrected chi connectivity index (χ1v) is 8.87. The predicted octanol–water partition coefficient (Wildman–Crippen LogP) is 2.22. The van der Waals surface area contributed by atoms with E-state index in [0.717, 1.165) is 10.6 Å². The summed E-state index contributed by atoms with van der Waals surface area (Å²) in [5, 5.41) is 3.95. The normalized spacial score (nSPS) is 11.6. The fourth-order valence-electron chi connectivity index (χ4n) is 1.97. The maximum Gasteiger partial charge on any atom is 0.267 e. The minimum Gasteiger partial charge on any atom is -0.381 e. The summed E-state index contributed by atoms with van der Waals surface area (Å²) in [5.41, 5.74) is 6.77. The molecule has 0 aliphatic carbocycles. The van der Waals surface area contributed by atoms with E-state index in [2.05, 4.69) is 9.82 Å². The second-order valence-corrected chi connectivity index (χ2v) is 7.38. The molecule has 2 rings (SSSR count). The molecule has 0 radical (unpaired) electrons. The average Bonchev–Trinajstić information content (AvgIpc) is 2.66. The minimum atomic E-state index is -3.77. The number of thioether (sulfide) groups is 1. The Morgan fingerprint density at radius 1 is 1.38 bits per heavy atom. The van der Waals surface area contributed by atoms with Crippen LogP contribution in [-0.2, 0) is 17.1 Å². The van der Waals surface area contributed by atoms with Gasteiger partial charge in [-0.25, -0.2) is 8.42 Å². The van der Waals surface area contributed by atoms with Gasteiger partial charge in [-0.15, -0.1) is 11.8 Å². The lowest BCUT2D eigenvalue weighted by Crippen LogP contribution is -2.15. The van der Waals surface area contributed by atoms with E-state index in [1.54, 1.807) is 37.9 Å². The van der Waals surface area contributed by atoms with Crippen LogP contribution < -0.4 is 10.5 Å². The lowest BCUT2D eigenvalue weighted by atomic mass is 10.3. The molecule has 21 heavy (non-hydrogen) atoms. The van der Waals surface area contributed by atoms with Crippen molar-refractivity contribution in [3.63, 3.8) is 0 Å². The molecule has 1 aromatic heterocycles. The van der Waals surface area contributed by atoms with Crippen molar-refractivity contribution in [2.45, 2.75) is 23.6 Å². The summed E-state index contributed by atoms with van der Waals surface area (Å²) in [5.74, 6) is 0.857. The Morgan fingerprint density at radius 3 is 2.62 bits per heavy atom. The summed E-state index contributed by atoms with van der Waals surface area (Å²) >= 11 is 1.57. The third-order valence-corrected chi connectivity index (χ3v) is 5.49. The summed E-state index contributed by atoms with van der Waals surface area (Å²) in [4.78, 5) is 0.907. The summed E-state index contributed by atoms with van der Waals surface area (Å²) < 4.78 is 29.2. The number of aryl methyl sites for hydroxylation is 1. The topological polar surface area (TPSA) is 90.0 Å². The number of hydrogen-bond acceptors (Lipinski definition) is 5. The van der Waals surface area contributed by atoms with Gasteiger partial charge < -0.3 is 5.73 Å². The van der Waals surface area contributed by atoms with E-state index in [4.69, 9.17) is 5.73 Å². The first kappa shape index (κ1) is 15.7. The van der Waals surface area contributed by atoms with E-state index in [1.807, 2.05) is 19.1 Å². The van der Waals surface area contributed by atoms with Crippen molar-refractivity contribution < 1.29 is 8.42 Å². The van der Waals surface area contributed by atoms with E-state index < -0.39 is 10.0 Å². The van der Waals surface area contributed by atoms with Gasteiger partial charge in [0.05, 0.1) is 11.4 Å².